The molecule has 2 fully saturated rings. The molecule has 1 heterocycles. The highest BCUT2D eigenvalue weighted by Gasteiger charge is 2.40. The van der Waals surface area contributed by atoms with Crippen molar-refractivity contribution in [1.29, 1.82) is 0 Å². The lowest BCUT2D eigenvalue weighted by Gasteiger charge is -2.31. The number of methoxy groups -OCH3 is 1. The number of ether oxygens (including phenoxy) is 1. The maximum Gasteiger partial charge on any atom is 0.243 e. The molecule has 1 saturated heterocycles. The molecule has 4 rings (SSSR count). The fourth-order valence-corrected chi connectivity index (χ4v) is 7.41. The van der Waals surface area contributed by atoms with Gasteiger partial charge < -0.3 is 14.7 Å². The first-order valence-electron chi connectivity index (χ1n) is 13.6. The standard InChI is InChI=1S/C30H40N2O5S/c1-3-9-25-19-26(18-23-10-5-4-6-11-23)32(30(25)34)22-27(33)21-31(20-24-12-7-8-13-24)38(35,36)29-16-14-28(37-2)15-17-29/h3-6,10-11,14-17,24-27,33H,1,7-9,12-13,18-22H2,2H3. The second-order valence-corrected chi connectivity index (χ2v) is 12.5. The Morgan fingerprint density at radius 2 is 1.82 bits per heavy atom. The Labute approximate surface area is 227 Å². The van der Waals surface area contributed by atoms with Crippen LogP contribution in [0, 0.1) is 11.8 Å². The molecule has 1 saturated carbocycles. The largest absolute Gasteiger partial charge is 0.497 e. The molecule has 1 N–H and O–H groups in total. The zero-order chi connectivity index (χ0) is 27.1. The number of allylic oxidation sites excluding steroid dienone is 1. The van der Waals surface area contributed by atoms with Crippen LogP contribution in [-0.4, -0.2) is 67.5 Å². The number of aliphatic hydroxyl groups excluding tert-OH is 1. The van der Waals surface area contributed by atoms with Crippen LogP contribution in [-0.2, 0) is 21.2 Å². The summed E-state index contributed by atoms with van der Waals surface area (Å²) in [4.78, 5) is 15.2. The first-order chi connectivity index (χ1) is 18.3. The number of hydrogen-bond donors (Lipinski definition) is 1. The highest BCUT2D eigenvalue weighted by molar-refractivity contribution is 7.89. The summed E-state index contributed by atoms with van der Waals surface area (Å²) in [5.74, 6) is 0.695. The Balaban J connectivity index is 1.52. The van der Waals surface area contributed by atoms with E-state index in [0.717, 1.165) is 31.2 Å². The SMILES string of the molecule is C=CCC1CC(Cc2ccccc2)N(CC(O)CN(CC2CCCC2)S(=O)(=O)c2ccc(OC)cc2)C1=O. The normalized spacial score (nSPS) is 21.2. The molecular formula is C30H40N2O5S. The maximum atomic E-state index is 13.7. The van der Waals surface area contributed by atoms with E-state index >= 15 is 0 Å². The highest BCUT2D eigenvalue weighted by Crippen LogP contribution is 2.31. The summed E-state index contributed by atoms with van der Waals surface area (Å²) in [6.45, 7) is 4.22. The molecule has 2 aromatic rings. The quantitative estimate of drug-likeness (QED) is 0.384. The van der Waals surface area contributed by atoms with Crippen molar-refractivity contribution in [3.05, 3.63) is 72.8 Å². The van der Waals surface area contributed by atoms with E-state index in [1.807, 2.05) is 30.3 Å². The lowest BCUT2D eigenvalue weighted by molar-refractivity contribution is -0.133. The molecule has 206 valence electrons. The minimum absolute atomic E-state index is 0.00485. The number of amides is 1. The van der Waals surface area contributed by atoms with E-state index in [9.17, 15) is 18.3 Å². The number of benzene rings is 2. The number of β-amino-alcohol motifs (C(OH)–C–C–N with tert-alkyl or cyclic N) is 1. The summed E-state index contributed by atoms with van der Waals surface area (Å²) in [5.41, 5.74) is 1.13. The van der Waals surface area contributed by atoms with Crippen LogP contribution in [0.15, 0.2) is 72.1 Å². The number of likely N-dealkylation sites (tertiary alicyclic amines) is 1. The van der Waals surface area contributed by atoms with Crippen molar-refractivity contribution in [3.63, 3.8) is 0 Å². The molecule has 1 aliphatic heterocycles. The summed E-state index contributed by atoms with van der Waals surface area (Å²) in [5, 5.41) is 11.2. The van der Waals surface area contributed by atoms with E-state index in [-0.39, 0.29) is 41.8 Å². The molecule has 0 bridgehead atoms. The van der Waals surface area contributed by atoms with Crippen molar-refractivity contribution < 1.29 is 23.1 Å². The number of carbonyl (C=O) groups excluding carboxylic acids is 1. The maximum absolute atomic E-state index is 13.7. The van der Waals surface area contributed by atoms with Crippen molar-refractivity contribution in [1.82, 2.24) is 9.21 Å². The summed E-state index contributed by atoms with van der Waals surface area (Å²) in [6.07, 6.45) is 6.91. The highest BCUT2D eigenvalue weighted by atomic mass is 32.2. The van der Waals surface area contributed by atoms with Crippen LogP contribution >= 0.6 is 0 Å². The zero-order valence-corrected chi connectivity index (χ0v) is 23.1. The molecule has 7 nitrogen and oxygen atoms in total. The molecular weight excluding hydrogens is 500 g/mol. The third-order valence-corrected chi connectivity index (χ3v) is 9.70. The predicted molar refractivity (Wildman–Crippen MR) is 148 cm³/mol. The fraction of sp³-hybridized carbons (Fsp3) is 0.500. The minimum Gasteiger partial charge on any atom is -0.497 e. The van der Waals surface area contributed by atoms with Crippen LogP contribution in [0.25, 0.3) is 0 Å². The molecule has 0 aromatic heterocycles. The minimum atomic E-state index is -3.84. The molecule has 2 aliphatic rings. The van der Waals surface area contributed by atoms with E-state index in [1.165, 1.54) is 11.4 Å². The fourth-order valence-electron chi connectivity index (χ4n) is 5.86. The van der Waals surface area contributed by atoms with Crippen molar-refractivity contribution in [2.24, 2.45) is 11.8 Å². The van der Waals surface area contributed by atoms with Gasteiger partial charge in [-0.15, -0.1) is 6.58 Å². The monoisotopic (exact) mass is 540 g/mol. The predicted octanol–water partition coefficient (Wildman–Crippen LogP) is 4.27. The number of rotatable bonds is 13. The van der Waals surface area contributed by atoms with Gasteiger partial charge >= 0.3 is 0 Å². The Morgan fingerprint density at radius 1 is 1.13 bits per heavy atom. The van der Waals surface area contributed by atoms with Gasteiger partial charge in [0.25, 0.3) is 0 Å². The second kappa shape index (κ2) is 12.9. The smallest absolute Gasteiger partial charge is 0.243 e. The average Bonchev–Trinajstić information content (AvgIpc) is 3.53. The number of nitrogens with zero attached hydrogens (tertiary/aromatic N) is 2. The third-order valence-electron chi connectivity index (χ3n) is 7.85. The number of aliphatic hydroxyl groups is 1. The Morgan fingerprint density at radius 3 is 2.45 bits per heavy atom. The number of hydrogen-bond acceptors (Lipinski definition) is 5. The van der Waals surface area contributed by atoms with Gasteiger partial charge in [0, 0.05) is 31.6 Å². The van der Waals surface area contributed by atoms with Gasteiger partial charge in [-0.25, -0.2) is 8.42 Å². The van der Waals surface area contributed by atoms with E-state index < -0.39 is 16.1 Å². The lowest BCUT2D eigenvalue weighted by Crippen LogP contribution is -2.47. The van der Waals surface area contributed by atoms with Crippen molar-refractivity contribution in [2.45, 2.75) is 62.0 Å². The molecule has 1 amide bonds. The van der Waals surface area contributed by atoms with Gasteiger partial charge in [0.1, 0.15) is 5.75 Å². The molecule has 0 radical (unpaired) electrons. The second-order valence-electron chi connectivity index (χ2n) is 10.6. The molecule has 3 unspecified atom stereocenters. The van der Waals surface area contributed by atoms with E-state index in [0.29, 0.717) is 31.6 Å². The van der Waals surface area contributed by atoms with Crippen LogP contribution in [0.2, 0.25) is 0 Å². The van der Waals surface area contributed by atoms with Gasteiger partial charge in [0.15, 0.2) is 0 Å². The lowest BCUT2D eigenvalue weighted by atomic mass is 9.97. The first-order valence-corrected chi connectivity index (χ1v) is 15.0. The van der Waals surface area contributed by atoms with Gasteiger partial charge in [0.05, 0.1) is 18.1 Å². The topological polar surface area (TPSA) is 87.2 Å². The van der Waals surface area contributed by atoms with Gasteiger partial charge in [-0.2, -0.15) is 4.31 Å². The van der Waals surface area contributed by atoms with Crippen molar-refractivity contribution in [3.8, 4) is 5.75 Å². The van der Waals surface area contributed by atoms with Gasteiger partial charge in [0.2, 0.25) is 15.9 Å². The van der Waals surface area contributed by atoms with Crippen LogP contribution in [0.5, 0.6) is 5.75 Å². The number of sulfonamides is 1. The Kier molecular flexibility index (Phi) is 9.63. The molecule has 0 spiro atoms. The van der Waals surface area contributed by atoms with Gasteiger partial charge in [-0.3, -0.25) is 4.79 Å². The van der Waals surface area contributed by atoms with Crippen LogP contribution < -0.4 is 4.74 Å². The zero-order valence-electron chi connectivity index (χ0n) is 22.2. The molecule has 1 aliphatic carbocycles. The summed E-state index contributed by atoms with van der Waals surface area (Å²) >= 11 is 0. The number of carbonyl (C=O) groups is 1. The third kappa shape index (κ3) is 6.84. The average molecular weight is 541 g/mol. The van der Waals surface area contributed by atoms with Crippen LogP contribution in [0.3, 0.4) is 0 Å². The van der Waals surface area contributed by atoms with Crippen molar-refractivity contribution >= 4 is 15.9 Å². The molecule has 2 aromatic carbocycles. The van der Waals surface area contributed by atoms with Crippen LogP contribution in [0.4, 0.5) is 0 Å². The Bertz CT molecular complexity index is 1160. The summed E-state index contributed by atoms with van der Waals surface area (Å²) in [7, 11) is -2.30. The first kappa shape index (κ1) is 28.3. The molecule has 8 heteroatoms. The summed E-state index contributed by atoms with van der Waals surface area (Å²) in [6, 6.07) is 16.3. The molecule has 3 atom stereocenters. The Hall–Kier alpha value is -2.68. The van der Waals surface area contributed by atoms with E-state index in [2.05, 4.69) is 6.58 Å². The van der Waals surface area contributed by atoms with Crippen molar-refractivity contribution in [2.75, 3.05) is 26.7 Å². The van der Waals surface area contributed by atoms with Gasteiger partial charge in [-0.05, 0) is 67.9 Å². The van der Waals surface area contributed by atoms with E-state index in [4.69, 9.17) is 4.74 Å². The van der Waals surface area contributed by atoms with Crippen LogP contribution in [0.1, 0.15) is 44.1 Å². The van der Waals surface area contributed by atoms with E-state index in [1.54, 1.807) is 35.2 Å². The van der Waals surface area contributed by atoms with Gasteiger partial charge in [-0.1, -0.05) is 49.2 Å². The molecule has 38 heavy (non-hydrogen) atoms. The summed E-state index contributed by atoms with van der Waals surface area (Å²) < 4.78 is 34.0.